The van der Waals surface area contributed by atoms with Gasteiger partial charge in [-0.2, -0.15) is 5.10 Å². The molecule has 0 aliphatic carbocycles. The number of aliphatic hydroxyl groups excluding tert-OH is 1. The Morgan fingerprint density at radius 1 is 1.46 bits per heavy atom. The summed E-state index contributed by atoms with van der Waals surface area (Å²) in [5, 5.41) is 18.1. The van der Waals surface area contributed by atoms with Crippen molar-refractivity contribution in [3.8, 4) is 5.75 Å². The highest BCUT2D eigenvalue weighted by Gasteiger charge is 2.21. The maximum absolute atomic E-state index is 11.6. The summed E-state index contributed by atoms with van der Waals surface area (Å²) in [4.78, 5) is 16.2. The van der Waals surface area contributed by atoms with E-state index in [9.17, 15) is 9.90 Å². The minimum atomic E-state index is -1.02. The van der Waals surface area contributed by atoms with E-state index in [1.165, 1.54) is 7.11 Å². The molecule has 4 N–H and O–H groups in total. The zero-order valence-electron chi connectivity index (χ0n) is 16.1. The lowest BCUT2D eigenvalue weighted by atomic mass is 10.1. The van der Waals surface area contributed by atoms with Crippen LogP contribution in [0.15, 0.2) is 30.9 Å². The number of nitrogens with two attached hydrogens (primary N) is 1. The zero-order valence-corrected chi connectivity index (χ0v) is 16.1. The monoisotopic (exact) mass is 384 g/mol. The van der Waals surface area contributed by atoms with Gasteiger partial charge in [-0.3, -0.25) is 9.48 Å². The van der Waals surface area contributed by atoms with E-state index in [-0.39, 0.29) is 0 Å². The number of hydrogen-bond acceptors (Lipinski definition) is 6. The third-order valence-electron chi connectivity index (χ3n) is 4.40. The lowest BCUT2D eigenvalue weighted by Gasteiger charge is -2.16. The number of nitrogens with zero attached hydrogens (tertiary/aromatic N) is 4. The fraction of sp³-hybridized carbons (Fsp3) is 0.316. The maximum atomic E-state index is 11.6. The van der Waals surface area contributed by atoms with Gasteiger partial charge in [-0.05, 0) is 32.0 Å². The molecular weight excluding hydrogens is 360 g/mol. The van der Waals surface area contributed by atoms with E-state index in [2.05, 4.69) is 22.0 Å². The van der Waals surface area contributed by atoms with Crippen molar-refractivity contribution in [1.82, 2.24) is 19.3 Å². The lowest BCUT2D eigenvalue weighted by molar-refractivity contribution is 0.1000. The van der Waals surface area contributed by atoms with Crippen LogP contribution in [0.1, 0.15) is 34.9 Å². The number of imidazole rings is 1. The fourth-order valence-corrected chi connectivity index (χ4v) is 3.18. The first kappa shape index (κ1) is 19.4. The summed E-state index contributed by atoms with van der Waals surface area (Å²) in [6.45, 7) is 8.65. The molecule has 0 aliphatic rings. The second-order valence-electron chi connectivity index (χ2n) is 6.32. The lowest BCUT2D eigenvalue weighted by Crippen LogP contribution is -2.17. The highest BCUT2D eigenvalue weighted by molar-refractivity contribution is 5.98. The first-order chi connectivity index (χ1) is 13.4. The quantitative estimate of drug-likeness (QED) is 0.403. The van der Waals surface area contributed by atoms with Crippen LogP contribution in [-0.2, 0) is 13.1 Å². The van der Waals surface area contributed by atoms with Crippen LogP contribution in [0, 0.1) is 6.92 Å². The number of rotatable bonds is 8. The SMILES string of the molecule is C=CCn1c(NC(O)c2cc(C)nn2CC)nc2cc(C(N)=O)cc(OC)c21. The third kappa shape index (κ3) is 3.44. The number of aromatic nitrogens is 4. The Bertz CT molecular complexity index is 1040. The van der Waals surface area contributed by atoms with Crippen LogP contribution in [-0.4, -0.2) is 37.5 Å². The summed E-state index contributed by atoms with van der Waals surface area (Å²) in [6.07, 6.45) is 0.684. The van der Waals surface area contributed by atoms with Crippen molar-refractivity contribution in [2.45, 2.75) is 33.2 Å². The average Bonchev–Trinajstić information content (AvgIpc) is 3.21. The molecule has 0 aliphatic heterocycles. The molecule has 28 heavy (non-hydrogen) atoms. The number of aryl methyl sites for hydroxylation is 2. The predicted molar refractivity (Wildman–Crippen MR) is 106 cm³/mol. The van der Waals surface area contributed by atoms with Crippen LogP contribution >= 0.6 is 0 Å². The zero-order chi connectivity index (χ0) is 20.4. The predicted octanol–water partition coefficient (Wildman–Crippen LogP) is 1.96. The average molecular weight is 384 g/mol. The Morgan fingerprint density at radius 3 is 2.82 bits per heavy atom. The molecule has 0 saturated carbocycles. The number of amides is 1. The van der Waals surface area contributed by atoms with Gasteiger partial charge in [0.25, 0.3) is 0 Å². The number of carbonyl (C=O) groups excluding carboxylic acids is 1. The Kier molecular flexibility index (Phi) is 5.36. The van der Waals surface area contributed by atoms with E-state index in [0.717, 1.165) is 5.69 Å². The van der Waals surface area contributed by atoms with E-state index < -0.39 is 12.1 Å². The van der Waals surface area contributed by atoms with E-state index in [0.29, 0.717) is 47.1 Å². The molecule has 1 unspecified atom stereocenters. The highest BCUT2D eigenvalue weighted by Crippen LogP contribution is 2.31. The van der Waals surface area contributed by atoms with E-state index >= 15 is 0 Å². The molecule has 0 spiro atoms. The molecule has 3 rings (SSSR count). The van der Waals surface area contributed by atoms with Crippen molar-refractivity contribution in [1.29, 1.82) is 0 Å². The van der Waals surface area contributed by atoms with E-state index in [1.807, 2.05) is 24.5 Å². The van der Waals surface area contributed by atoms with Crippen molar-refractivity contribution < 1.29 is 14.6 Å². The molecule has 9 heteroatoms. The van der Waals surface area contributed by atoms with Crippen molar-refractivity contribution in [2.24, 2.45) is 5.73 Å². The topological polar surface area (TPSA) is 120 Å². The number of nitrogens with one attached hydrogen (secondary N) is 1. The van der Waals surface area contributed by atoms with Crippen LogP contribution in [0.5, 0.6) is 5.75 Å². The molecule has 1 amide bonds. The summed E-state index contributed by atoms with van der Waals surface area (Å²) < 4.78 is 8.98. The standard InChI is InChI=1S/C19H24N6O3/c1-5-7-24-16-13(9-12(17(20)26)10-15(16)28-4)21-19(24)22-18(27)14-8-11(3)23-25(14)6-2/h5,8-10,18,27H,1,6-7H2,2-4H3,(H2,20,26)(H,21,22). The minimum absolute atomic E-state index is 0.291. The van der Waals surface area contributed by atoms with E-state index in [1.54, 1.807) is 22.9 Å². The first-order valence-electron chi connectivity index (χ1n) is 8.87. The normalized spacial score (nSPS) is 12.1. The van der Waals surface area contributed by atoms with Gasteiger partial charge in [0.05, 0.1) is 24.0 Å². The van der Waals surface area contributed by atoms with Crippen LogP contribution in [0.4, 0.5) is 5.95 Å². The molecular formula is C19H24N6O3. The van der Waals surface area contributed by atoms with Crippen molar-refractivity contribution in [2.75, 3.05) is 12.4 Å². The van der Waals surface area contributed by atoms with Gasteiger partial charge in [0.2, 0.25) is 11.9 Å². The van der Waals surface area contributed by atoms with Crippen LogP contribution in [0.25, 0.3) is 11.0 Å². The number of benzene rings is 1. The first-order valence-corrected chi connectivity index (χ1v) is 8.87. The molecule has 3 aromatic rings. The van der Waals surface area contributed by atoms with Gasteiger partial charge in [-0.25, -0.2) is 4.98 Å². The van der Waals surface area contributed by atoms with Crippen LogP contribution < -0.4 is 15.8 Å². The Hall–Kier alpha value is -3.33. The number of methoxy groups -OCH3 is 1. The molecule has 0 radical (unpaired) electrons. The van der Waals surface area contributed by atoms with Crippen LogP contribution in [0.3, 0.4) is 0 Å². The molecule has 9 nitrogen and oxygen atoms in total. The third-order valence-corrected chi connectivity index (χ3v) is 4.40. The summed E-state index contributed by atoms with van der Waals surface area (Å²) in [7, 11) is 1.51. The number of primary amides is 1. The summed E-state index contributed by atoms with van der Waals surface area (Å²) in [6, 6.07) is 4.98. The minimum Gasteiger partial charge on any atom is -0.494 e. The summed E-state index contributed by atoms with van der Waals surface area (Å²) in [5.41, 5.74) is 8.33. The van der Waals surface area contributed by atoms with Gasteiger partial charge in [-0.1, -0.05) is 6.08 Å². The second-order valence-corrected chi connectivity index (χ2v) is 6.32. The second kappa shape index (κ2) is 7.73. The highest BCUT2D eigenvalue weighted by atomic mass is 16.5. The summed E-state index contributed by atoms with van der Waals surface area (Å²) >= 11 is 0. The number of aliphatic hydroxyl groups is 1. The number of hydrogen-bond donors (Lipinski definition) is 3. The van der Waals surface area contributed by atoms with E-state index in [4.69, 9.17) is 10.5 Å². The molecule has 148 valence electrons. The number of anilines is 1. The van der Waals surface area contributed by atoms with Gasteiger partial charge >= 0.3 is 0 Å². The van der Waals surface area contributed by atoms with Gasteiger partial charge in [0.1, 0.15) is 11.3 Å². The van der Waals surface area contributed by atoms with Crippen molar-refractivity contribution >= 4 is 22.9 Å². The molecule has 0 saturated heterocycles. The number of carbonyl (C=O) groups is 1. The number of fused-ring (bicyclic) bond motifs is 1. The van der Waals surface area contributed by atoms with Gasteiger partial charge in [0, 0.05) is 18.7 Å². The summed E-state index contributed by atoms with van der Waals surface area (Å²) in [5.74, 6) is 0.289. The maximum Gasteiger partial charge on any atom is 0.248 e. The smallest absolute Gasteiger partial charge is 0.248 e. The molecule has 1 aromatic carbocycles. The molecule has 2 aromatic heterocycles. The number of ether oxygens (including phenoxy) is 1. The molecule has 0 fully saturated rings. The molecule has 2 heterocycles. The molecule has 1 atom stereocenters. The van der Waals surface area contributed by atoms with Gasteiger partial charge in [-0.15, -0.1) is 6.58 Å². The van der Waals surface area contributed by atoms with Crippen LogP contribution in [0.2, 0.25) is 0 Å². The van der Waals surface area contributed by atoms with Crippen molar-refractivity contribution in [3.63, 3.8) is 0 Å². The Labute approximate surface area is 162 Å². The Balaban J connectivity index is 2.10. The number of allylic oxidation sites excluding steroid dienone is 1. The van der Waals surface area contributed by atoms with Gasteiger partial charge in [0.15, 0.2) is 6.23 Å². The largest absolute Gasteiger partial charge is 0.494 e. The fourth-order valence-electron chi connectivity index (χ4n) is 3.18. The van der Waals surface area contributed by atoms with Crippen molar-refractivity contribution in [3.05, 3.63) is 47.8 Å². The Morgan fingerprint density at radius 2 is 2.21 bits per heavy atom. The molecule has 0 bridgehead atoms. The van der Waals surface area contributed by atoms with Gasteiger partial charge < -0.3 is 25.5 Å².